The lowest BCUT2D eigenvalue weighted by Crippen LogP contribution is -2.35. The second-order valence-corrected chi connectivity index (χ2v) is 8.35. The summed E-state index contributed by atoms with van der Waals surface area (Å²) < 4.78 is 40.0. The number of non-ortho nitro benzene ring substituents is 1. The van der Waals surface area contributed by atoms with Gasteiger partial charge in [-0.3, -0.25) is 15.0 Å². The molecule has 0 spiro atoms. The number of rotatable bonds is 5. The Labute approximate surface area is 157 Å². The lowest BCUT2D eigenvalue weighted by Gasteiger charge is -2.21. The number of hydrogen-bond donors (Lipinski definition) is 0. The second kappa shape index (κ2) is 8.12. The van der Waals surface area contributed by atoms with E-state index in [1.165, 1.54) is 28.6 Å². The van der Waals surface area contributed by atoms with Gasteiger partial charge in [0.1, 0.15) is 5.82 Å². The van der Waals surface area contributed by atoms with Gasteiger partial charge in [0, 0.05) is 38.3 Å². The minimum Gasteiger partial charge on any atom is -0.298 e. The molecule has 0 N–H and O–H groups in total. The van der Waals surface area contributed by atoms with E-state index in [4.69, 9.17) is 0 Å². The third kappa shape index (κ3) is 4.68. The van der Waals surface area contributed by atoms with E-state index < -0.39 is 20.8 Å². The molecule has 0 amide bonds. The van der Waals surface area contributed by atoms with Crippen molar-refractivity contribution in [2.24, 2.45) is 0 Å². The average molecular weight is 393 g/mol. The van der Waals surface area contributed by atoms with E-state index in [9.17, 15) is 22.9 Å². The summed E-state index contributed by atoms with van der Waals surface area (Å²) in [6.45, 7) is 2.62. The number of nitrogens with zero attached hydrogens (tertiary/aromatic N) is 3. The minimum absolute atomic E-state index is 0.0474. The molecule has 1 fully saturated rings. The summed E-state index contributed by atoms with van der Waals surface area (Å²) in [5.41, 5.74) is 0.988. The highest BCUT2D eigenvalue weighted by molar-refractivity contribution is 7.89. The van der Waals surface area contributed by atoms with Gasteiger partial charge in [0.15, 0.2) is 0 Å². The Morgan fingerprint density at radius 2 is 1.63 bits per heavy atom. The largest absolute Gasteiger partial charge is 0.298 e. The number of benzene rings is 2. The van der Waals surface area contributed by atoms with Crippen LogP contribution in [0, 0.1) is 15.9 Å². The summed E-state index contributed by atoms with van der Waals surface area (Å²) in [4.78, 5) is 12.5. The summed E-state index contributed by atoms with van der Waals surface area (Å²) in [5.74, 6) is -0.473. The zero-order valence-electron chi connectivity index (χ0n) is 14.6. The van der Waals surface area contributed by atoms with Crippen LogP contribution in [0.5, 0.6) is 0 Å². The zero-order chi connectivity index (χ0) is 19.4. The van der Waals surface area contributed by atoms with Gasteiger partial charge >= 0.3 is 0 Å². The van der Waals surface area contributed by atoms with E-state index >= 15 is 0 Å². The van der Waals surface area contributed by atoms with E-state index in [2.05, 4.69) is 4.90 Å². The Morgan fingerprint density at radius 3 is 2.26 bits per heavy atom. The topological polar surface area (TPSA) is 83.8 Å². The van der Waals surface area contributed by atoms with Gasteiger partial charge in [-0.1, -0.05) is 12.1 Å². The molecule has 3 rings (SSSR count). The molecule has 0 atom stereocenters. The molecular weight excluding hydrogens is 373 g/mol. The van der Waals surface area contributed by atoms with Crippen LogP contribution in [-0.2, 0) is 16.6 Å². The van der Waals surface area contributed by atoms with Gasteiger partial charge in [0.2, 0.25) is 10.0 Å². The van der Waals surface area contributed by atoms with Crippen molar-refractivity contribution in [3.63, 3.8) is 0 Å². The Kier molecular flexibility index (Phi) is 5.83. The van der Waals surface area contributed by atoms with Gasteiger partial charge in [0.05, 0.1) is 9.82 Å². The van der Waals surface area contributed by atoms with E-state index in [-0.39, 0.29) is 10.6 Å². The number of nitro benzene ring substituents is 1. The number of sulfonamides is 1. The molecule has 0 aromatic heterocycles. The summed E-state index contributed by atoms with van der Waals surface area (Å²) in [6.07, 6.45) is 0.674. The lowest BCUT2D eigenvalue weighted by atomic mass is 10.2. The van der Waals surface area contributed by atoms with Crippen molar-refractivity contribution in [2.45, 2.75) is 17.9 Å². The van der Waals surface area contributed by atoms with Crippen molar-refractivity contribution in [3.8, 4) is 0 Å². The molecule has 2 aromatic carbocycles. The molecule has 0 unspecified atom stereocenters. The molecule has 9 heteroatoms. The normalized spacial score (nSPS) is 16.8. The molecule has 27 heavy (non-hydrogen) atoms. The van der Waals surface area contributed by atoms with Crippen molar-refractivity contribution < 1.29 is 17.7 Å². The Morgan fingerprint density at radius 1 is 0.963 bits per heavy atom. The van der Waals surface area contributed by atoms with Gasteiger partial charge in [0.25, 0.3) is 5.69 Å². The van der Waals surface area contributed by atoms with E-state index in [0.717, 1.165) is 24.2 Å². The monoisotopic (exact) mass is 393 g/mol. The Bertz CT molecular complexity index is 901. The van der Waals surface area contributed by atoms with Crippen LogP contribution in [0.4, 0.5) is 10.1 Å². The van der Waals surface area contributed by atoms with Crippen LogP contribution in [0.1, 0.15) is 12.0 Å². The fourth-order valence-electron chi connectivity index (χ4n) is 3.08. The fraction of sp³-hybridized carbons (Fsp3) is 0.333. The fourth-order valence-corrected chi connectivity index (χ4v) is 4.55. The number of nitro groups is 1. The molecule has 2 aromatic rings. The smallest absolute Gasteiger partial charge is 0.269 e. The van der Waals surface area contributed by atoms with Crippen LogP contribution < -0.4 is 0 Å². The second-order valence-electron chi connectivity index (χ2n) is 6.41. The van der Waals surface area contributed by atoms with Crippen LogP contribution in [0.15, 0.2) is 53.4 Å². The molecule has 1 aliphatic rings. The number of hydrogen-bond acceptors (Lipinski definition) is 5. The third-order valence-corrected chi connectivity index (χ3v) is 6.47. The lowest BCUT2D eigenvalue weighted by molar-refractivity contribution is -0.384. The number of halogens is 1. The maximum atomic E-state index is 13.1. The Hall–Kier alpha value is -2.36. The van der Waals surface area contributed by atoms with Gasteiger partial charge in [-0.25, -0.2) is 12.8 Å². The molecule has 0 bridgehead atoms. The standard InChI is InChI=1S/C18H20FN3O4S/c19-16-4-8-18(9-5-16)27(25,26)21-11-1-10-20(12-13-21)14-15-2-6-17(7-3-15)22(23)24/h2-9H,1,10-14H2. The Balaban J connectivity index is 1.64. The van der Waals surface area contributed by atoms with Crippen molar-refractivity contribution in [1.82, 2.24) is 9.21 Å². The summed E-state index contributed by atoms with van der Waals surface area (Å²) in [6, 6.07) is 11.2. The maximum Gasteiger partial charge on any atom is 0.269 e. The van der Waals surface area contributed by atoms with Crippen molar-refractivity contribution in [1.29, 1.82) is 0 Å². The predicted molar refractivity (Wildman–Crippen MR) is 98.1 cm³/mol. The predicted octanol–water partition coefficient (Wildman–Crippen LogP) is 2.63. The molecule has 1 heterocycles. The molecule has 0 aliphatic carbocycles. The van der Waals surface area contributed by atoms with Gasteiger partial charge < -0.3 is 0 Å². The van der Waals surface area contributed by atoms with E-state index in [1.54, 1.807) is 12.1 Å². The van der Waals surface area contributed by atoms with Crippen LogP contribution in [-0.4, -0.2) is 48.7 Å². The van der Waals surface area contributed by atoms with E-state index in [1.807, 2.05) is 0 Å². The first-order valence-corrected chi connectivity index (χ1v) is 10.0. The van der Waals surface area contributed by atoms with Crippen molar-refractivity contribution in [2.75, 3.05) is 26.2 Å². The van der Waals surface area contributed by atoms with Crippen molar-refractivity contribution in [3.05, 3.63) is 70.0 Å². The zero-order valence-corrected chi connectivity index (χ0v) is 15.4. The van der Waals surface area contributed by atoms with Gasteiger partial charge in [-0.05, 0) is 42.8 Å². The van der Waals surface area contributed by atoms with Crippen molar-refractivity contribution >= 4 is 15.7 Å². The third-order valence-electron chi connectivity index (χ3n) is 4.55. The summed E-state index contributed by atoms with van der Waals surface area (Å²) in [7, 11) is -3.65. The summed E-state index contributed by atoms with van der Waals surface area (Å²) in [5, 5.41) is 10.7. The van der Waals surface area contributed by atoms with E-state index in [0.29, 0.717) is 32.6 Å². The quantitative estimate of drug-likeness (QED) is 0.576. The molecule has 0 radical (unpaired) electrons. The maximum absolute atomic E-state index is 13.1. The van der Waals surface area contributed by atoms with Crippen LogP contribution in [0.25, 0.3) is 0 Å². The molecule has 1 aliphatic heterocycles. The first-order valence-electron chi connectivity index (χ1n) is 8.58. The SMILES string of the molecule is O=[N+]([O-])c1ccc(CN2CCCN(S(=O)(=O)c3ccc(F)cc3)CC2)cc1. The van der Waals surface area contributed by atoms with Gasteiger partial charge in [-0.15, -0.1) is 0 Å². The molecule has 7 nitrogen and oxygen atoms in total. The molecular formula is C18H20FN3O4S. The highest BCUT2D eigenvalue weighted by atomic mass is 32.2. The highest BCUT2D eigenvalue weighted by Gasteiger charge is 2.27. The average Bonchev–Trinajstić information content (AvgIpc) is 2.89. The van der Waals surface area contributed by atoms with Gasteiger partial charge in [-0.2, -0.15) is 4.31 Å². The van der Waals surface area contributed by atoms with Crippen LogP contribution >= 0.6 is 0 Å². The van der Waals surface area contributed by atoms with Crippen LogP contribution in [0.2, 0.25) is 0 Å². The summed E-state index contributed by atoms with van der Waals surface area (Å²) >= 11 is 0. The molecule has 1 saturated heterocycles. The van der Waals surface area contributed by atoms with Crippen LogP contribution in [0.3, 0.4) is 0 Å². The molecule has 144 valence electrons. The first-order chi connectivity index (χ1) is 12.9. The highest BCUT2D eigenvalue weighted by Crippen LogP contribution is 2.19. The minimum atomic E-state index is -3.65. The molecule has 0 saturated carbocycles. The first kappa shape index (κ1) is 19.4.